The average molecular weight is 208 g/mol. The molecule has 3 heteroatoms. The minimum Gasteiger partial charge on any atom is -0.478 e. The second-order valence-corrected chi connectivity index (χ2v) is 5.41. The highest BCUT2D eigenvalue weighted by molar-refractivity contribution is 6.07. The van der Waals surface area contributed by atoms with Gasteiger partial charge in [-0.15, -0.1) is 0 Å². The maximum atomic E-state index is 12.1. The predicted molar refractivity (Wildman–Crippen MR) is 55.3 cm³/mol. The molecule has 2 bridgehead atoms. The van der Waals surface area contributed by atoms with E-state index < -0.39 is 5.97 Å². The fourth-order valence-corrected chi connectivity index (χ4v) is 3.23. The van der Waals surface area contributed by atoms with E-state index in [4.69, 9.17) is 5.11 Å². The highest BCUT2D eigenvalue weighted by Crippen LogP contribution is 2.65. The number of allylic oxidation sites excluding steroid dienone is 1. The zero-order valence-electron chi connectivity index (χ0n) is 9.33. The maximum absolute atomic E-state index is 12.1. The molecule has 2 rings (SSSR count). The Labute approximate surface area is 89.2 Å². The number of fused-ring (bicyclic) bond motifs is 2. The number of Topliss-reactive ketones (excluding diaryl/α,β-unsaturated/α-hetero) is 1. The molecule has 2 aliphatic rings. The standard InChI is InChI=1S/C12H16O3/c1-11(2)8-4-5-12(11,3)10(15)7(8)6-9(13)14/h6,8H,4-5H2,1-3H3,(H,13,14)/b7-6+/t8-,12-/m1/s1. The van der Waals surface area contributed by atoms with Crippen molar-refractivity contribution in [2.75, 3.05) is 0 Å². The van der Waals surface area contributed by atoms with E-state index in [9.17, 15) is 9.59 Å². The molecule has 82 valence electrons. The van der Waals surface area contributed by atoms with E-state index in [0.717, 1.165) is 18.9 Å². The van der Waals surface area contributed by atoms with E-state index in [1.165, 1.54) is 0 Å². The summed E-state index contributed by atoms with van der Waals surface area (Å²) in [6, 6.07) is 0. The van der Waals surface area contributed by atoms with Crippen molar-refractivity contribution in [3.63, 3.8) is 0 Å². The number of carboxylic acids is 1. The molecule has 0 aliphatic heterocycles. The fourth-order valence-electron chi connectivity index (χ4n) is 3.23. The van der Waals surface area contributed by atoms with Crippen LogP contribution in [0.15, 0.2) is 11.6 Å². The molecule has 2 fully saturated rings. The van der Waals surface area contributed by atoms with Gasteiger partial charge in [0.1, 0.15) is 0 Å². The lowest BCUT2D eigenvalue weighted by Gasteiger charge is -2.31. The molecule has 2 aliphatic carbocycles. The van der Waals surface area contributed by atoms with E-state index in [2.05, 4.69) is 13.8 Å². The third-order valence-electron chi connectivity index (χ3n) is 4.64. The van der Waals surface area contributed by atoms with Gasteiger partial charge in [0.15, 0.2) is 5.78 Å². The molecule has 2 atom stereocenters. The summed E-state index contributed by atoms with van der Waals surface area (Å²) in [5, 5.41) is 8.75. The van der Waals surface area contributed by atoms with E-state index >= 15 is 0 Å². The Kier molecular flexibility index (Phi) is 1.88. The van der Waals surface area contributed by atoms with Gasteiger partial charge in [-0.25, -0.2) is 4.79 Å². The first kappa shape index (κ1) is 10.4. The number of hydrogen-bond acceptors (Lipinski definition) is 2. The molecule has 0 amide bonds. The number of aliphatic carboxylic acids is 1. The number of carbonyl (C=O) groups excluding carboxylic acids is 1. The SMILES string of the molecule is CC1(C)[C@@H]2CC[C@]1(C)C(=O)/C2=C/C(=O)O. The quantitative estimate of drug-likeness (QED) is 0.671. The van der Waals surface area contributed by atoms with Gasteiger partial charge in [-0.3, -0.25) is 4.79 Å². The van der Waals surface area contributed by atoms with Crippen LogP contribution in [0.3, 0.4) is 0 Å². The number of carboxylic acid groups (broad SMARTS) is 1. The molecule has 0 aromatic carbocycles. The topological polar surface area (TPSA) is 54.4 Å². The smallest absolute Gasteiger partial charge is 0.328 e. The van der Waals surface area contributed by atoms with E-state index in [-0.39, 0.29) is 22.5 Å². The zero-order valence-corrected chi connectivity index (χ0v) is 9.33. The summed E-state index contributed by atoms with van der Waals surface area (Å²) >= 11 is 0. The van der Waals surface area contributed by atoms with Crippen LogP contribution in [0, 0.1) is 16.7 Å². The van der Waals surface area contributed by atoms with Crippen molar-refractivity contribution in [3.8, 4) is 0 Å². The zero-order chi connectivity index (χ0) is 11.4. The Hall–Kier alpha value is -1.12. The van der Waals surface area contributed by atoms with Gasteiger partial charge in [-0.05, 0) is 24.2 Å². The molecule has 0 aromatic heterocycles. The highest BCUT2D eigenvalue weighted by Gasteiger charge is 2.64. The highest BCUT2D eigenvalue weighted by atomic mass is 16.4. The maximum Gasteiger partial charge on any atom is 0.328 e. The van der Waals surface area contributed by atoms with Crippen LogP contribution in [0.4, 0.5) is 0 Å². The third kappa shape index (κ3) is 1.06. The van der Waals surface area contributed by atoms with Crippen LogP contribution in [0.25, 0.3) is 0 Å². The lowest BCUT2D eigenvalue weighted by molar-refractivity contribution is -0.132. The normalized spacial score (nSPS) is 40.1. The van der Waals surface area contributed by atoms with Gasteiger partial charge < -0.3 is 5.11 Å². The van der Waals surface area contributed by atoms with Crippen LogP contribution in [0.2, 0.25) is 0 Å². The van der Waals surface area contributed by atoms with Crippen molar-refractivity contribution in [2.45, 2.75) is 33.6 Å². The molecule has 0 unspecified atom stereocenters. The minimum absolute atomic E-state index is 0.0474. The van der Waals surface area contributed by atoms with E-state index in [0.29, 0.717) is 5.57 Å². The summed E-state index contributed by atoms with van der Waals surface area (Å²) in [4.78, 5) is 22.8. The van der Waals surface area contributed by atoms with Gasteiger partial charge in [0.25, 0.3) is 0 Å². The van der Waals surface area contributed by atoms with Crippen LogP contribution >= 0.6 is 0 Å². The Morgan fingerprint density at radius 1 is 1.47 bits per heavy atom. The van der Waals surface area contributed by atoms with Gasteiger partial charge in [0.05, 0.1) is 0 Å². The number of carbonyl (C=O) groups is 2. The molecule has 0 saturated heterocycles. The lowest BCUT2D eigenvalue weighted by atomic mass is 9.70. The molecule has 0 aromatic rings. The first-order valence-corrected chi connectivity index (χ1v) is 5.30. The number of rotatable bonds is 1. The molecule has 0 radical (unpaired) electrons. The second-order valence-electron chi connectivity index (χ2n) is 5.41. The lowest BCUT2D eigenvalue weighted by Crippen LogP contribution is -2.32. The molecule has 1 N–H and O–H groups in total. The number of hydrogen-bond donors (Lipinski definition) is 1. The van der Waals surface area contributed by atoms with Gasteiger partial charge in [-0.2, -0.15) is 0 Å². The van der Waals surface area contributed by atoms with Gasteiger partial charge in [0.2, 0.25) is 0 Å². The largest absolute Gasteiger partial charge is 0.478 e. The first-order valence-electron chi connectivity index (χ1n) is 5.30. The summed E-state index contributed by atoms with van der Waals surface area (Å²) in [6.45, 7) is 6.12. The van der Waals surface area contributed by atoms with Crippen LogP contribution in [-0.4, -0.2) is 16.9 Å². The summed E-state index contributed by atoms with van der Waals surface area (Å²) in [7, 11) is 0. The molecule has 0 spiro atoms. The summed E-state index contributed by atoms with van der Waals surface area (Å²) in [6.07, 6.45) is 2.94. The Morgan fingerprint density at radius 2 is 2.07 bits per heavy atom. The van der Waals surface area contributed by atoms with Gasteiger partial charge in [0, 0.05) is 17.1 Å². The fraction of sp³-hybridized carbons (Fsp3) is 0.667. The molecule has 15 heavy (non-hydrogen) atoms. The average Bonchev–Trinajstić information content (AvgIpc) is 2.40. The third-order valence-corrected chi connectivity index (χ3v) is 4.64. The number of ketones is 1. The predicted octanol–water partition coefficient (Wildman–Crippen LogP) is 2.02. The van der Waals surface area contributed by atoms with Crippen molar-refractivity contribution in [3.05, 3.63) is 11.6 Å². The van der Waals surface area contributed by atoms with Crippen molar-refractivity contribution >= 4 is 11.8 Å². The van der Waals surface area contributed by atoms with Crippen molar-refractivity contribution < 1.29 is 14.7 Å². The second kappa shape index (κ2) is 2.71. The molecular formula is C12H16O3. The van der Waals surface area contributed by atoms with Crippen LogP contribution in [0.5, 0.6) is 0 Å². The monoisotopic (exact) mass is 208 g/mol. The van der Waals surface area contributed by atoms with E-state index in [1.807, 2.05) is 6.92 Å². The van der Waals surface area contributed by atoms with Crippen molar-refractivity contribution in [2.24, 2.45) is 16.7 Å². The van der Waals surface area contributed by atoms with Gasteiger partial charge >= 0.3 is 5.97 Å². The van der Waals surface area contributed by atoms with Crippen LogP contribution in [0.1, 0.15) is 33.6 Å². The van der Waals surface area contributed by atoms with Crippen LogP contribution < -0.4 is 0 Å². The van der Waals surface area contributed by atoms with Crippen molar-refractivity contribution in [1.29, 1.82) is 0 Å². The Balaban J connectivity index is 2.52. The minimum atomic E-state index is -1.01. The first-order chi connectivity index (χ1) is 6.80. The molecule has 3 nitrogen and oxygen atoms in total. The van der Waals surface area contributed by atoms with Crippen LogP contribution in [-0.2, 0) is 9.59 Å². The Morgan fingerprint density at radius 3 is 2.47 bits per heavy atom. The summed E-state index contributed by atoms with van der Waals surface area (Å²) < 4.78 is 0. The van der Waals surface area contributed by atoms with E-state index in [1.54, 1.807) is 0 Å². The summed E-state index contributed by atoms with van der Waals surface area (Å²) in [5.74, 6) is -0.831. The summed E-state index contributed by atoms with van der Waals surface area (Å²) in [5.41, 5.74) is 0.0888. The molecular weight excluding hydrogens is 192 g/mol. The Bertz CT molecular complexity index is 378. The molecule has 0 heterocycles. The van der Waals surface area contributed by atoms with Gasteiger partial charge in [-0.1, -0.05) is 20.8 Å². The molecule has 2 saturated carbocycles. The van der Waals surface area contributed by atoms with Crippen molar-refractivity contribution in [1.82, 2.24) is 0 Å².